The number of carboxylic acids is 1. The zero-order valence-electron chi connectivity index (χ0n) is 10.6. The standard InChI is InChI=1S/C12H15F2NO3S/c1-3-8-6(2)4-9(19-8)11(16)15-7(12(17)18)5-10(13)14/h4,7,10H,3,5H2,1-2H3,(H,15,16)(H,17,18). The highest BCUT2D eigenvalue weighted by atomic mass is 32.1. The number of aryl methyl sites for hydroxylation is 2. The van der Waals surface area contributed by atoms with Gasteiger partial charge < -0.3 is 10.4 Å². The van der Waals surface area contributed by atoms with Crippen LogP contribution in [0.3, 0.4) is 0 Å². The van der Waals surface area contributed by atoms with Gasteiger partial charge in [-0.25, -0.2) is 13.6 Å². The average molecular weight is 291 g/mol. The third kappa shape index (κ3) is 4.27. The molecule has 7 heteroatoms. The molecule has 1 heterocycles. The van der Waals surface area contributed by atoms with Gasteiger partial charge in [0, 0.05) is 11.3 Å². The van der Waals surface area contributed by atoms with E-state index in [0.717, 1.165) is 16.9 Å². The molecule has 1 aromatic heterocycles. The highest BCUT2D eigenvalue weighted by Gasteiger charge is 2.25. The number of thiophene rings is 1. The number of carboxylic acid groups (broad SMARTS) is 1. The van der Waals surface area contributed by atoms with Crippen molar-refractivity contribution in [1.29, 1.82) is 0 Å². The number of hydrogen-bond acceptors (Lipinski definition) is 3. The molecule has 2 N–H and O–H groups in total. The molecular formula is C12H15F2NO3S. The zero-order valence-corrected chi connectivity index (χ0v) is 11.4. The van der Waals surface area contributed by atoms with Gasteiger partial charge in [-0.05, 0) is 25.0 Å². The van der Waals surface area contributed by atoms with Gasteiger partial charge in [0.1, 0.15) is 6.04 Å². The fourth-order valence-electron chi connectivity index (χ4n) is 1.61. The number of aliphatic carboxylic acids is 1. The second kappa shape index (κ2) is 6.60. The lowest BCUT2D eigenvalue weighted by molar-refractivity contribution is -0.140. The molecule has 0 aromatic carbocycles. The van der Waals surface area contributed by atoms with E-state index in [1.165, 1.54) is 11.3 Å². The van der Waals surface area contributed by atoms with Crippen molar-refractivity contribution in [3.05, 3.63) is 21.4 Å². The molecule has 0 fully saturated rings. The molecule has 1 aromatic rings. The molecule has 106 valence electrons. The highest BCUT2D eigenvalue weighted by Crippen LogP contribution is 2.22. The number of carbonyl (C=O) groups is 2. The van der Waals surface area contributed by atoms with E-state index in [9.17, 15) is 18.4 Å². The summed E-state index contributed by atoms with van der Waals surface area (Å²) in [6.07, 6.45) is -2.91. The largest absolute Gasteiger partial charge is 0.480 e. The summed E-state index contributed by atoms with van der Waals surface area (Å²) in [6.45, 7) is 3.79. The van der Waals surface area contributed by atoms with E-state index in [-0.39, 0.29) is 0 Å². The van der Waals surface area contributed by atoms with Crippen molar-refractivity contribution in [2.75, 3.05) is 0 Å². The second-order valence-electron chi connectivity index (χ2n) is 4.06. The lowest BCUT2D eigenvalue weighted by atomic mass is 10.2. The van der Waals surface area contributed by atoms with Gasteiger partial charge in [0.15, 0.2) is 0 Å². The quantitative estimate of drug-likeness (QED) is 0.846. The average Bonchev–Trinajstić information content (AvgIpc) is 2.69. The Morgan fingerprint density at radius 3 is 2.53 bits per heavy atom. The molecule has 0 saturated heterocycles. The molecule has 0 aliphatic carbocycles. The van der Waals surface area contributed by atoms with Crippen LogP contribution in [0.2, 0.25) is 0 Å². The minimum absolute atomic E-state index is 0.342. The molecule has 0 bridgehead atoms. The predicted octanol–water partition coefficient (Wildman–Crippen LogP) is 2.46. The first-order chi connectivity index (χ1) is 8.85. The van der Waals surface area contributed by atoms with Crippen LogP contribution in [0.15, 0.2) is 6.07 Å². The smallest absolute Gasteiger partial charge is 0.326 e. The Kier molecular flexibility index (Phi) is 5.41. The number of hydrogen-bond donors (Lipinski definition) is 2. The van der Waals surface area contributed by atoms with Crippen molar-refractivity contribution in [1.82, 2.24) is 5.32 Å². The Morgan fingerprint density at radius 2 is 2.11 bits per heavy atom. The molecule has 0 radical (unpaired) electrons. The lowest BCUT2D eigenvalue weighted by Crippen LogP contribution is -2.41. The van der Waals surface area contributed by atoms with E-state index in [1.54, 1.807) is 6.07 Å². The summed E-state index contributed by atoms with van der Waals surface area (Å²) in [5.41, 5.74) is 0.943. The van der Waals surface area contributed by atoms with Gasteiger partial charge in [-0.3, -0.25) is 4.79 Å². The van der Waals surface area contributed by atoms with Crippen LogP contribution in [0, 0.1) is 6.92 Å². The zero-order chi connectivity index (χ0) is 14.6. The van der Waals surface area contributed by atoms with Crippen molar-refractivity contribution < 1.29 is 23.5 Å². The van der Waals surface area contributed by atoms with E-state index < -0.39 is 30.8 Å². The first kappa shape index (κ1) is 15.6. The summed E-state index contributed by atoms with van der Waals surface area (Å²) in [5.74, 6) is -2.08. The number of halogens is 2. The maximum absolute atomic E-state index is 12.2. The Balaban J connectivity index is 2.78. The predicted molar refractivity (Wildman–Crippen MR) is 67.9 cm³/mol. The minimum atomic E-state index is -2.78. The third-order valence-corrected chi connectivity index (χ3v) is 3.96. The number of amides is 1. The van der Waals surface area contributed by atoms with Gasteiger partial charge in [0.2, 0.25) is 6.43 Å². The Labute approximate surface area is 113 Å². The first-order valence-electron chi connectivity index (χ1n) is 5.76. The van der Waals surface area contributed by atoms with E-state index in [1.807, 2.05) is 13.8 Å². The number of nitrogens with one attached hydrogen (secondary N) is 1. The topological polar surface area (TPSA) is 66.4 Å². The van der Waals surface area contributed by atoms with Gasteiger partial charge in [-0.2, -0.15) is 0 Å². The van der Waals surface area contributed by atoms with Gasteiger partial charge >= 0.3 is 5.97 Å². The van der Waals surface area contributed by atoms with Crippen LogP contribution in [-0.2, 0) is 11.2 Å². The molecule has 1 atom stereocenters. The van der Waals surface area contributed by atoms with Crippen LogP contribution in [0.25, 0.3) is 0 Å². The fraction of sp³-hybridized carbons (Fsp3) is 0.500. The summed E-state index contributed by atoms with van der Waals surface area (Å²) in [4.78, 5) is 24.0. The summed E-state index contributed by atoms with van der Waals surface area (Å²) in [6, 6.07) is 0.0695. The maximum atomic E-state index is 12.2. The molecule has 1 rings (SSSR count). The molecule has 0 spiro atoms. The van der Waals surface area contributed by atoms with Crippen molar-refractivity contribution in [2.24, 2.45) is 0 Å². The van der Waals surface area contributed by atoms with Crippen LogP contribution >= 0.6 is 11.3 Å². The van der Waals surface area contributed by atoms with E-state index in [4.69, 9.17) is 5.11 Å². The molecule has 1 amide bonds. The van der Waals surface area contributed by atoms with Crippen LogP contribution in [0.4, 0.5) is 8.78 Å². The number of rotatable bonds is 6. The summed E-state index contributed by atoms with van der Waals surface area (Å²) < 4.78 is 24.4. The Hall–Kier alpha value is -1.50. The summed E-state index contributed by atoms with van der Waals surface area (Å²) in [5, 5.41) is 10.9. The van der Waals surface area contributed by atoms with Crippen molar-refractivity contribution >= 4 is 23.2 Å². The molecule has 19 heavy (non-hydrogen) atoms. The molecule has 4 nitrogen and oxygen atoms in total. The Bertz CT molecular complexity index is 474. The molecule has 1 unspecified atom stereocenters. The van der Waals surface area contributed by atoms with Crippen molar-refractivity contribution in [3.8, 4) is 0 Å². The second-order valence-corrected chi connectivity index (χ2v) is 5.20. The summed E-state index contributed by atoms with van der Waals surface area (Å²) >= 11 is 1.25. The van der Waals surface area contributed by atoms with Gasteiger partial charge in [-0.15, -0.1) is 11.3 Å². The normalized spacial score (nSPS) is 12.5. The van der Waals surface area contributed by atoms with E-state index in [0.29, 0.717) is 4.88 Å². The maximum Gasteiger partial charge on any atom is 0.326 e. The SMILES string of the molecule is CCc1sc(C(=O)NC(CC(F)F)C(=O)O)cc1C. The molecule has 0 aliphatic heterocycles. The highest BCUT2D eigenvalue weighted by molar-refractivity contribution is 7.14. The van der Waals surface area contributed by atoms with Crippen LogP contribution < -0.4 is 5.32 Å². The van der Waals surface area contributed by atoms with Crippen LogP contribution in [-0.4, -0.2) is 29.5 Å². The minimum Gasteiger partial charge on any atom is -0.480 e. The number of alkyl halides is 2. The van der Waals surface area contributed by atoms with Gasteiger partial charge in [-0.1, -0.05) is 6.92 Å². The monoisotopic (exact) mass is 291 g/mol. The first-order valence-corrected chi connectivity index (χ1v) is 6.57. The molecule has 0 saturated carbocycles. The van der Waals surface area contributed by atoms with Crippen LogP contribution in [0.5, 0.6) is 0 Å². The molecular weight excluding hydrogens is 276 g/mol. The fourth-order valence-corrected chi connectivity index (χ4v) is 2.63. The molecule has 0 aliphatic rings. The van der Waals surface area contributed by atoms with E-state index >= 15 is 0 Å². The number of carbonyl (C=O) groups excluding carboxylic acids is 1. The van der Waals surface area contributed by atoms with Gasteiger partial charge in [0.05, 0.1) is 4.88 Å². The lowest BCUT2D eigenvalue weighted by Gasteiger charge is -2.13. The van der Waals surface area contributed by atoms with E-state index in [2.05, 4.69) is 5.32 Å². The van der Waals surface area contributed by atoms with Gasteiger partial charge in [0.25, 0.3) is 5.91 Å². The van der Waals surface area contributed by atoms with Crippen molar-refractivity contribution in [2.45, 2.75) is 39.2 Å². The van der Waals surface area contributed by atoms with Crippen molar-refractivity contribution in [3.63, 3.8) is 0 Å². The Morgan fingerprint density at radius 1 is 1.47 bits per heavy atom. The third-order valence-electron chi connectivity index (χ3n) is 2.58. The summed E-state index contributed by atoms with van der Waals surface area (Å²) in [7, 11) is 0. The van der Waals surface area contributed by atoms with Crippen LogP contribution in [0.1, 0.15) is 33.5 Å².